The molecule has 1 fully saturated rings. The highest BCUT2D eigenvalue weighted by Gasteiger charge is 2.20. The molecule has 0 atom stereocenters. The van der Waals surface area contributed by atoms with Crippen molar-refractivity contribution in [3.63, 3.8) is 0 Å². The molecule has 0 aliphatic carbocycles. The van der Waals surface area contributed by atoms with Crippen LogP contribution in [0.4, 0.5) is 0 Å². The molecule has 1 saturated heterocycles. The predicted molar refractivity (Wildman–Crippen MR) is 70.2 cm³/mol. The summed E-state index contributed by atoms with van der Waals surface area (Å²) in [6.07, 6.45) is 4.47. The van der Waals surface area contributed by atoms with E-state index in [4.69, 9.17) is 4.52 Å². The highest BCUT2D eigenvalue weighted by atomic mass is 16.5. The predicted octanol–water partition coefficient (Wildman–Crippen LogP) is 1.45. The Hall–Kier alpha value is -0.940. The molecule has 5 heteroatoms. The normalized spacial score (nSPS) is 18.3. The molecule has 0 unspecified atom stereocenters. The fourth-order valence-electron chi connectivity index (χ4n) is 2.51. The molecule has 1 aromatic heterocycles. The fraction of sp³-hybridized carbons (Fsp3) is 0.846. The lowest BCUT2D eigenvalue weighted by Gasteiger charge is -2.30. The molecular weight excluding hydrogens is 228 g/mol. The Balaban J connectivity index is 1.76. The Morgan fingerprint density at radius 3 is 2.83 bits per heavy atom. The molecule has 0 radical (unpaired) electrons. The van der Waals surface area contributed by atoms with E-state index in [1.807, 2.05) is 7.05 Å². The van der Waals surface area contributed by atoms with Crippen LogP contribution in [0, 0.1) is 5.92 Å². The number of hydrogen-bond donors (Lipinski definition) is 1. The number of aromatic nitrogens is 2. The van der Waals surface area contributed by atoms with Crippen LogP contribution in [0.1, 0.15) is 37.9 Å². The van der Waals surface area contributed by atoms with Crippen molar-refractivity contribution in [2.24, 2.45) is 5.92 Å². The van der Waals surface area contributed by atoms with Gasteiger partial charge in [-0.2, -0.15) is 4.98 Å². The summed E-state index contributed by atoms with van der Waals surface area (Å²) in [5.41, 5.74) is 0. The maximum absolute atomic E-state index is 5.21. The SMILES string of the molecule is CCCc1nc(CN2CCC(CNC)CC2)no1. The molecule has 5 nitrogen and oxygen atoms in total. The van der Waals surface area contributed by atoms with Crippen LogP contribution in [0.2, 0.25) is 0 Å². The van der Waals surface area contributed by atoms with Crippen molar-refractivity contribution < 1.29 is 4.52 Å². The minimum absolute atomic E-state index is 0.776. The van der Waals surface area contributed by atoms with Crippen LogP contribution in [0.3, 0.4) is 0 Å². The summed E-state index contributed by atoms with van der Waals surface area (Å²) in [7, 11) is 2.03. The molecule has 1 aromatic rings. The van der Waals surface area contributed by atoms with Gasteiger partial charge in [0.05, 0.1) is 6.54 Å². The summed E-state index contributed by atoms with van der Waals surface area (Å²) < 4.78 is 5.21. The van der Waals surface area contributed by atoms with Gasteiger partial charge in [-0.1, -0.05) is 12.1 Å². The van der Waals surface area contributed by atoms with Gasteiger partial charge in [-0.05, 0) is 51.9 Å². The molecular formula is C13H24N4O. The molecule has 1 aliphatic heterocycles. The summed E-state index contributed by atoms with van der Waals surface area (Å²) in [6, 6.07) is 0. The van der Waals surface area contributed by atoms with Crippen molar-refractivity contribution in [3.8, 4) is 0 Å². The van der Waals surface area contributed by atoms with E-state index >= 15 is 0 Å². The van der Waals surface area contributed by atoms with E-state index in [9.17, 15) is 0 Å². The second-order valence-corrected chi connectivity index (χ2v) is 5.13. The summed E-state index contributed by atoms with van der Waals surface area (Å²) >= 11 is 0. The standard InChI is InChI=1S/C13H24N4O/c1-3-4-13-15-12(16-18-13)10-17-7-5-11(6-8-17)9-14-2/h11,14H,3-10H2,1-2H3. The summed E-state index contributed by atoms with van der Waals surface area (Å²) in [6.45, 7) is 6.38. The van der Waals surface area contributed by atoms with Gasteiger partial charge in [0.25, 0.3) is 0 Å². The quantitative estimate of drug-likeness (QED) is 0.830. The van der Waals surface area contributed by atoms with Gasteiger partial charge >= 0.3 is 0 Å². The molecule has 18 heavy (non-hydrogen) atoms. The topological polar surface area (TPSA) is 54.2 Å². The van der Waals surface area contributed by atoms with E-state index in [0.717, 1.165) is 56.7 Å². The second-order valence-electron chi connectivity index (χ2n) is 5.13. The van der Waals surface area contributed by atoms with E-state index in [1.54, 1.807) is 0 Å². The van der Waals surface area contributed by atoms with Crippen LogP contribution in [-0.4, -0.2) is 41.7 Å². The highest BCUT2D eigenvalue weighted by molar-refractivity contribution is 4.87. The molecule has 0 saturated carbocycles. The van der Waals surface area contributed by atoms with Crippen molar-refractivity contribution >= 4 is 0 Å². The van der Waals surface area contributed by atoms with Gasteiger partial charge < -0.3 is 9.84 Å². The number of nitrogens with one attached hydrogen (secondary N) is 1. The monoisotopic (exact) mass is 252 g/mol. The first-order valence-electron chi connectivity index (χ1n) is 7.00. The van der Waals surface area contributed by atoms with Crippen LogP contribution in [0.5, 0.6) is 0 Å². The number of aryl methyl sites for hydroxylation is 1. The van der Waals surface area contributed by atoms with E-state index < -0.39 is 0 Å². The lowest BCUT2D eigenvalue weighted by Crippen LogP contribution is -2.36. The van der Waals surface area contributed by atoms with Crippen LogP contribution in [0.25, 0.3) is 0 Å². The first kappa shape index (κ1) is 13.5. The first-order valence-corrected chi connectivity index (χ1v) is 7.00. The minimum Gasteiger partial charge on any atom is -0.339 e. The Bertz CT molecular complexity index is 345. The third-order valence-corrected chi connectivity index (χ3v) is 3.54. The zero-order chi connectivity index (χ0) is 12.8. The molecule has 1 N–H and O–H groups in total. The zero-order valence-corrected chi connectivity index (χ0v) is 11.5. The van der Waals surface area contributed by atoms with Crippen molar-refractivity contribution in [1.29, 1.82) is 0 Å². The van der Waals surface area contributed by atoms with Gasteiger partial charge in [-0.15, -0.1) is 0 Å². The highest BCUT2D eigenvalue weighted by Crippen LogP contribution is 2.17. The Morgan fingerprint density at radius 1 is 1.39 bits per heavy atom. The van der Waals surface area contributed by atoms with E-state index in [2.05, 4.69) is 27.3 Å². The molecule has 1 aliphatic rings. The van der Waals surface area contributed by atoms with Crippen molar-refractivity contribution in [1.82, 2.24) is 20.4 Å². The third-order valence-electron chi connectivity index (χ3n) is 3.54. The van der Waals surface area contributed by atoms with E-state index in [0.29, 0.717) is 0 Å². The molecule has 2 heterocycles. The van der Waals surface area contributed by atoms with Gasteiger partial charge in [0.2, 0.25) is 5.89 Å². The number of nitrogens with zero attached hydrogens (tertiary/aromatic N) is 3. The van der Waals surface area contributed by atoms with Crippen molar-refractivity contribution in [2.45, 2.75) is 39.2 Å². The molecule has 0 bridgehead atoms. The smallest absolute Gasteiger partial charge is 0.226 e. The number of hydrogen-bond acceptors (Lipinski definition) is 5. The summed E-state index contributed by atoms with van der Waals surface area (Å²) in [5, 5.41) is 7.31. The summed E-state index contributed by atoms with van der Waals surface area (Å²) in [4.78, 5) is 6.84. The maximum Gasteiger partial charge on any atom is 0.226 e. The molecule has 2 rings (SSSR count). The number of rotatable bonds is 6. The Morgan fingerprint density at radius 2 is 2.17 bits per heavy atom. The fourth-order valence-corrected chi connectivity index (χ4v) is 2.51. The molecule has 102 valence electrons. The van der Waals surface area contributed by atoms with Gasteiger partial charge in [0.1, 0.15) is 0 Å². The van der Waals surface area contributed by atoms with Gasteiger partial charge in [0.15, 0.2) is 5.82 Å². The molecule has 0 amide bonds. The van der Waals surface area contributed by atoms with Crippen molar-refractivity contribution in [2.75, 3.05) is 26.7 Å². The van der Waals surface area contributed by atoms with Crippen LogP contribution in [0.15, 0.2) is 4.52 Å². The van der Waals surface area contributed by atoms with Crippen LogP contribution in [-0.2, 0) is 13.0 Å². The second kappa shape index (κ2) is 6.85. The average Bonchev–Trinajstić information content (AvgIpc) is 2.80. The molecule has 0 spiro atoms. The average molecular weight is 252 g/mol. The number of piperidine rings is 1. The summed E-state index contributed by atoms with van der Waals surface area (Å²) in [5.74, 6) is 2.44. The first-order chi connectivity index (χ1) is 8.81. The lowest BCUT2D eigenvalue weighted by atomic mass is 9.97. The Kier molecular flexibility index (Phi) is 5.13. The minimum atomic E-state index is 0.776. The van der Waals surface area contributed by atoms with Gasteiger partial charge in [-0.3, -0.25) is 4.90 Å². The third kappa shape index (κ3) is 3.78. The van der Waals surface area contributed by atoms with E-state index in [1.165, 1.54) is 12.8 Å². The van der Waals surface area contributed by atoms with Gasteiger partial charge in [-0.25, -0.2) is 0 Å². The maximum atomic E-state index is 5.21. The van der Waals surface area contributed by atoms with E-state index in [-0.39, 0.29) is 0 Å². The Labute approximate surface area is 109 Å². The van der Waals surface area contributed by atoms with Gasteiger partial charge in [0, 0.05) is 6.42 Å². The van der Waals surface area contributed by atoms with Crippen molar-refractivity contribution in [3.05, 3.63) is 11.7 Å². The largest absolute Gasteiger partial charge is 0.339 e. The van der Waals surface area contributed by atoms with Crippen LogP contribution >= 0.6 is 0 Å². The zero-order valence-electron chi connectivity index (χ0n) is 11.5. The lowest BCUT2D eigenvalue weighted by molar-refractivity contribution is 0.171. The number of likely N-dealkylation sites (tertiary alicyclic amines) is 1. The molecule has 0 aromatic carbocycles. The van der Waals surface area contributed by atoms with Crippen LogP contribution < -0.4 is 5.32 Å².